The maximum absolute atomic E-state index is 13.9. The van der Waals surface area contributed by atoms with Gasteiger partial charge in [0.15, 0.2) is 18.0 Å². The first-order valence-corrected chi connectivity index (χ1v) is 14.6. The van der Waals surface area contributed by atoms with E-state index < -0.39 is 23.0 Å². The predicted octanol–water partition coefficient (Wildman–Crippen LogP) is 4.51. The lowest BCUT2D eigenvalue weighted by atomic mass is 10.1. The van der Waals surface area contributed by atoms with Crippen molar-refractivity contribution in [3.63, 3.8) is 0 Å². The number of alkyl halides is 3. The number of halogens is 3. The predicted molar refractivity (Wildman–Crippen MR) is 156 cm³/mol. The SMILES string of the molecule is C=C(N=C(C(NC(C=O)=NCc1ncc(S(=O)CC)cn1)=C(C)C)N(C)C(C)C(F)(F)F)c1c(C)ncnc1C1CC1. The molecule has 2 atom stereocenters. The van der Waals surface area contributed by atoms with Gasteiger partial charge in [0.05, 0.1) is 38.5 Å². The van der Waals surface area contributed by atoms with Gasteiger partial charge in [-0.2, -0.15) is 13.2 Å². The van der Waals surface area contributed by atoms with Crippen LogP contribution in [0.15, 0.2) is 51.5 Å². The number of carbonyl (C=O) groups excluding carboxylic acids is 1. The lowest BCUT2D eigenvalue weighted by Crippen LogP contribution is -2.47. The normalized spacial score (nSPS) is 15.5. The fraction of sp³-hybridized carbons (Fsp3) is 0.464. The molecule has 1 aliphatic rings. The van der Waals surface area contributed by atoms with Gasteiger partial charge in [-0.15, -0.1) is 0 Å². The van der Waals surface area contributed by atoms with Crippen molar-refractivity contribution >= 4 is 34.5 Å². The fourth-order valence-corrected chi connectivity index (χ4v) is 4.59. The summed E-state index contributed by atoms with van der Waals surface area (Å²) in [6.07, 6.45) is 2.09. The number of nitrogens with zero attached hydrogens (tertiary/aromatic N) is 7. The molecule has 0 aromatic carbocycles. The topological polar surface area (TPSA) is 126 Å². The van der Waals surface area contributed by atoms with E-state index in [1.807, 2.05) is 0 Å². The molecule has 0 amide bonds. The van der Waals surface area contributed by atoms with Crippen LogP contribution < -0.4 is 5.32 Å². The van der Waals surface area contributed by atoms with Gasteiger partial charge in [-0.1, -0.05) is 13.5 Å². The molecule has 2 aromatic rings. The van der Waals surface area contributed by atoms with Crippen LogP contribution in [0.4, 0.5) is 13.2 Å². The number of aldehydes is 1. The Balaban J connectivity index is 2.01. The Kier molecular flexibility index (Phi) is 10.8. The first-order chi connectivity index (χ1) is 19.8. The molecule has 0 spiro atoms. The molecule has 2 aromatic heterocycles. The Morgan fingerprint density at radius 2 is 1.88 bits per heavy atom. The van der Waals surface area contributed by atoms with E-state index in [1.54, 1.807) is 27.7 Å². The summed E-state index contributed by atoms with van der Waals surface area (Å²) in [5.41, 5.74) is 2.86. The summed E-state index contributed by atoms with van der Waals surface area (Å²) >= 11 is 0. The lowest BCUT2D eigenvalue weighted by molar-refractivity contribution is -0.166. The number of aromatic nitrogens is 4. The second-order valence-corrected chi connectivity index (χ2v) is 11.7. The van der Waals surface area contributed by atoms with Gasteiger partial charge in [0.25, 0.3) is 0 Å². The van der Waals surface area contributed by atoms with Crippen LogP contribution in [0.25, 0.3) is 5.70 Å². The molecule has 1 aliphatic carbocycles. The van der Waals surface area contributed by atoms with Crippen LogP contribution in [0.5, 0.6) is 0 Å². The van der Waals surface area contributed by atoms with Crippen molar-refractivity contribution in [3.8, 4) is 0 Å². The van der Waals surface area contributed by atoms with E-state index in [-0.39, 0.29) is 41.4 Å². The molecule has 0 radical (unpaired) electrons. The zero-order valence-corrected chi connectivity index (χ0v) is 25.3. The summed E-state index contributed by atoms with van der Waals surface area (Å²) in [7, 11) is 0.0601. The zero-order valence-electron chi connectivity index (χ0n) is 24.5. The molecule has 2 unspecified atom stereocenters. The van der Waals surface area contributed by atoms with E-state index in [0.717, 1.165) is 30.4 Å². The zero-order chi connectivity index (χ0) is 31.2. The smallest absolute Gasteiger partial charge is 0.346 e. The Morgan fingerprint density at radius 3 is 2.40 bits per heavy atom. The van der Waals surface area contributed by atoms with E-state index in [0.29, 0.717) is 33.8 Å². The molecule has 1 fully saturated rings. The highest BCUT2D eigenvalue weighted by Crippen LogP contribution is 2.42. The number of allylic oxidation sites excluding steroid dienone is 1. The second kappa shape index (κ2) is 13.9. The van der Waals surface area contributed by atoms with E-state index >= 15 is 0 Å². The van der Waals surface area contributed by atoms with E-state index in [9.17, 15) is 22.2 Å². The molecule has 10 nitrogen and oxygen atoms in total. The molecule has 1 saturated carbocycles. The molecule has 0 aliphatic heterocycles. The summed E-state index contributed by atoms with van der Waals surface area (Å²) in [4.78, 5) is 39.2. The van der Waals surface area contributed by atoms with Crippen LogP contribution in [-0.2, 0) is 22.1 Å². The summed E-state index contributed by atoms with van der Waals surface area (Å²) in [6.45, 7) is 11.9. The number of hydrogen-bond acceptors (Lipinski definition) is 8. The standard InChI is InChI=1S/C28H35F3N8O2S/c1-8-42(41)21-11-32-22(33-12-21)13-34-23(14-40)38-25(16(2)3)27(39(7)19(6)28(29,30)31)37-18(5)24-17(4)35-15-36-26(24)20-9-10-20/h11-12,14-15,19-20H,5,8-10,13H2,1-4,6-7H3,(H,34,38). The third kappa shape index (κ3) is 8.14. The van der Waals surface area contributed by atoms with Gasteiger partial charge in [-0.05, 0) is 46.1 Å². The van der Waals surface area contributed by atoms with Gasteiger partial charge in [-0.3, -0.25) is 14.0 Å². The van der Waals surface area contributed by atoms with Gasteiger partial charge in [0, 0.05) is 36.7 Å². The third-order valence-corrected chi connectivity index (χ3v) is 7.90. The first kappa shape index (κ1) is 32.7. The van der Waals surface area contributed by atoms with Crippen molar-refractivity contribution < 1.29 is 22.2 Å². The van der Waals surface area contributed by atoms with Crippen LogP contribution in [-0.4, -0.2) is 72.0 Å². The van der Waals surface area contributed by atoms with Gasteiger partial charge in [-0.25, -0.2) is 24.9 Å². The largest absolute Gasteiger partial charge is 0.408 e. The summed E-state index contributed by atoms with van der Waals surface area (Å²) in [6, 6.07) is -1.92. The highest BCUT2D eigenvalue weighted by atomic mass is 32.2. The van der Waals surface area contributed by atoms with Crippen LogP contribution in [0.3, 0.4) is 0 Å². The average Bonchev–Trinajstić information content (AvgIpc) is 3.80. The van der Waals surface area contributed by atoms with Crippen molar-refractivity contribution in [1.29, 1.82) is 0 Å². The first-order valence-electron chi connectivity index (χ1n) is 13.3. The molecule has 1 N–H and O–H groups in total. The number of aliphatic imine (C=N–C) groups is 2. The number of nitrogens with one attached hydrogen (secondary N) is 1. The maximum atomic E-state index is 13.9. The van der Waals surface area contributed by atoms with Crippen molar-refractivity contribution in [3.05, 3.63) is 59.3 Å². The monoisotopic (exact) mass is 604 g/mol. The fourth-order valence-electron chi connectivity index (χ4n) is 3.92. The summed E-state index contributed by atoms with van der Waals surface area (Å²) in [5.74, 6) is 0.649. The summed E-state index contributed by atoms with van der Waals surface area (Å²) in [5, 5.41) is 2.87. The Morgan fingerprint density at radius 1 is 1.24 bits per heavy atom. The van der Waals surface area contributed by atoms with E-state index in [1.165, 1.54) is 25.8 Å². The highest BCUT2D eigenvalue weighted by Gasteiger charge is 2.41. The second-order valence-electron chi connectivity index (χ2n) is 9.99. The molecule has 3 rings (SSSR count). The maximum Gasteiger partial charge on any atom is 0.408 e. The van der Waals surface area contributed by atoms with Gasteiger partial charge in [0.1, 0.15) is 24.7 Å². The van der Waals surface area contributed by atoms with Crippen LogP contribution in [0.2, 0.25) is 0 Å². The number of carbonyl (C=O) groups is 1. The van der Waals surface area contributed by atoms with Crippen molar-refractivity contribution in [2.75, 3.05) is 12.8 Å². The number of rotatable bonds is 11. The van der Waals surface area contributed by atoms with Gasteiger partial charge < -0.3 is 10.2 Å². The van der Waals surface area contributed by atoms with Crippen molar-refractivity contribution in [2.45, 2.75) is 77.0 Å². The Hall–Kier alpha value is -3.81. The minimum absolute atomic E-state index is 0.0907. The molecule has 226 valence electrons. The number of hydrogen-bond donors (Lipinski definition) is 1. The highest BCUT2D eigenvalue weighted by molar-refractivity contribution is 7.85. The molecule has 42 heavy (non-hydrogen) atoms. The minimum Gasteiger partial charge on any atom is -0.346 e. The quantitative estimate of drug-likeness (QED) is 0.226. The molecule has 0 bridgehead atoms. The molecule has 0 saturated heterocycles. The van der Waals surface area contributed by atoms with Gasteiger partial charge in [0.2, 0.25) is 0 Å². The average molecular weight is 605 g/mol. The van der Waals surface area contributed by atoms with E-state index in [2.05, 4.69) is 41.8 Å². The van der Waals surface area contributed by atoms with Crippen LogP contribution in [0, 0.1) is 6.92 Å². The van der Waals surface area contributed by atoms with Crippen LogP contribution >= 0.6 is 0 Å². The minimum atomic E-state index is -4.57. The van der Waals surface area contributed by atoms with Gasteiger partial charge >= 0.3 is 6.18 Å². The Labute approximate surface area is 245 Å². The van der Waals surface area contributed by atoms with Crippen LogP contribution in [0.1, 0.15) is 69.2 Å². The summed E-state index contributed by atoms with van der Waals surface area (Å²) < 4.78 is 53.6. The molecular formula is C28H35F3N8O2S. The lowest BCUT2D eigenvalue weighted by Gasteiger charge is -2.31. The van der Waals surface area contributed by atoms with Crippen molar-refractivity contribution in [2.24, 2.45) is 9.98 Å². The molecule has 14 heteroatoms. The third-order valence-electron chi connectivity index (χ3n) is 6.63. The van der Waals surface area contributed by atoms with Crippen molar-refractivity contribution in [1.82, 2.24) is 30.2 Å². The number of amidine groups is 2. The Bertz CT molecular complexity index is 1430. The molecular weight excluding hydrogens is 569 g/mol. The number of aryl methyl sites for hydroxylation is 1. The molecule has 2 heterocycles. The number of likely N-dealkylation sites (N-methyl/N-ethyl adjacent to an activating group) is 1. The van der Waals surface area contributed by atoms with E-state index in [4.69, 9.17) is 0 Å².